The maximum atomic E-state index is 12.1. The first-order valence-corrected chi connectivity index (χ1v) is 6.72. The van der Waals surface area contributed by atoms with Gasteiger partial charge in [-0.2, -0.15) is 5.10 Å². The van der Waals surface area contributed by atoms with Gasteiger partial charge in [-0.3, -0.25) is 4.57 Å². The van der Waals surface area contributed by atoms with E-state index in [9.17, 15) is 4.79 Å². The molecule has 1 aliphatic heterocycles. The van der Waals surface area contributed by atoms with Crippen LogP contribution in [0.2, 0.25) is 0 Å². The normalized spacial score (nSPS) is 14.5. The van der Waals surface area contributed by atoms with E-state index in [4.69, 9.17) is 0 Å². The molecule has 0 bridgehead atoms. The van der Waals surface area contributed by atoms with Gasteiger partial charge in [-0.15, -0.1) is 5.10 Å². The lowest BCUT2D eigenvalue weighted by Gasteiger charge is -2.09. The van der Waals surface area contributed by atoms with E-state index in [1.807, 2.05) is 7.05 Å². The van der Waals surface area contributed by atoms with Crippen LogP contribution < -0.4 is 11.0 Å². The minimum atomic E-state index is -0.0419. The summed E-state index contributed by atoms with van der Waals surface area (Å²) in [4.78, 5) is 12.1. The number of nitrogens with one attached hydrogen (secondary N) is 1. The second-order valence-corrected chi connectivity index (χ2v) is 5.02. The summed E-state index contributed by atoms with van der Waals surface area (Å²) >= 11 is 1.29. The molecule has 0 atom stereocenters. The molecule has 1 aliphatic rings. The number of aryl methyl sites for hydroxylation is 1. The van der Waals surface area contributed by atoms with Gasteiger partial charge in [0.25, 0.3) is 0 Å². The van der Waals surface area contributed by atoms with Crippen molar-refractivity contribution >= 4 is 16.5 Å². The van der Waals surface area contributed by atoms with Crippen LogP contribution in [0.1, 0.15) is 24.4 Å². The minimum Gasteiger partial charge on any atom is -0.377 e. The third-order valence-electron chi connectivity index (χ3n) is 3.11. The third-order valence-corrected chi connectivity index (χ3v) is 3.90. The van der Waals surface area contributed by atoms with Gasteiger partial charge in [0.1, 0.15) is 16.5 Å². The molecule has 3 heterocycles. The molecule has 0 spiro atoms. The van der Waals surface area contributed by atoms with Crippen LogP contribution in [0.5, 0.6) is 0 Å². The van der Waals surface area contributed by atoms with Crippen molar-refractivity contribution in [3.8, 4) is 0 Å². The van der Waals surface area contributed by atoms with Crippen molar-refractivity contribution in [1.29, 1.82) is 0 Å². The molecular formula is C10H14N6OS. The average Bonchev–Trinajstić information content (AvgIpc) is 2.96. The maximum Gasteiger partial charge on any atom is 0.346 e. The van der Waals surface area contributed by atoms with E-state index in [1.165, 1.54) is 16.2 Å². The summed E-state index contributed by atoms with van der Waals surface area (Å²) < 4.78 is 7.13. The van der Waals surface area contributed by atoms with Gasteiger partial charge in [-0.25, -0.2) is 9.48 Å². The summed E-state index contributed by atoms with van der Waals surface area (Å²) in [6.45, 7) is 1.16. The summed E-state index contributed by atoms with van der Waals surface area (Å²) in [5.74, 6) is 0.889. The van der Waals surface area contributed by atoms with Crippen LogP contribution >= 0.6 is 11.5 Å². The zero-order valence-corrected chi connectivity index (χ0v) is 10.9. The van der Waals surface area contributed by atoms with Crippen LogP contribution in [0.4, 0.5) is 5.00 Å². The zero-order valence-electron chi connectivity index (χ0n) is 10.1. The van der Waals surface area contributed by atoms with Gasteiger partial charge in [-0.1, -0.05) is 4.49 Å². The molecule has 18 heavy (non-hydrogen) atoms. The van der Waals surface area contributed by atoms with Crippen molar-refractivity contribution in [2.45, 2.75) is 32.4 Å². The molecule has 0 aliphatic carbocycles. The van der Waals surface area contributed by atoms with Crippen molar-refractivity contribution in [3.63, 3.8) is 0 Å². The maximum absolute atomic E-state index is 12.1. The van der Waals surface area contributed by atoms with Gasteiger partial charge >= 0.3 is 5.69 Å². The lowest BCUT2D eigenvalue weighted by Crippen LogP contribution is -2.27. The standard InChI is InChI=1S/C10H14N6OS/c1-11-9-7(12-14-18-9)6-16-10(17)15-5-3-2-4-8(15)13-16/h11H,2-6H2,1H3. The zero-order chi connectivity index (χ0) is 12.5. The number of rotatable bonds is 3. The van der Waals surface area contributed by atoms with Crippen molar-refractivity contribution in [3.05, 3.63) is 22.0 Å². The topological polar surface area (TPSA) is 77.6 Å². The fraction of sp³-hybridized carbons (Fsp3) is 0.600. The average molecular weight is 266 g/mol. The van der Waals surface area contributed by atoms with E-state index in [2.05, 4.69) is 20.0 Å². The molecule has 0 unspecified atom stereocenters. The van der Waals surface area contributed by atoms with Crippen molar-refractivity contribution in [1.82, 2.24) is 23.9 Å². The second-order valence-electron chi connectivity index (χ2n) is 4.26. The van der Waals surface area contributed by atoms with Gasteiger partial charge in [0.2, 0.25) is 0 Å². The van der Waals surface area contributed by atoms with Crippen LogP contribution in [-0.2, 0) is 19.5 Å². The molecule has 2 aromatic rings. The Kier molecular flexibility index (Phi) is 2.86. The van der Waals surface area contributed by atoms with Crippen molar-refractivity contribution in [2.24, 2.45) is 0 Å². The molecule has 0 saturated heterocycles. The molecule has 0 aromatic carbocycles. The number of anilines is 1. The van der Waals surface area contributed by atoms with E-state index >= 15 is 0 Å². The van der Waals surface area contributed by atoms with Crippen LogP contribution in [0.3, 0.4) is 0 Å². The lowest BCUT2D eigenvalue weighted by atomic mass is 10.2. The largest absolute Gasteiger partial charge is 0.377 e. The third kappa shape index (κ3) is 1.82. The SMILES string of the molecule is CNc1snnc1Cn1nc2n(c1=O)CCCC2. The highest BCUT2D eigenvalue weighted by Crippen LogP contribution is 2.17. The van der Waals surface area contributed by atoms with Crippen molar-refractivity contribution < 1.29 is 0 Å². The molecule has 3 rings (SSSR count). The van der Waals surface area contributed by atoms with Gasteiger partial charge in [0, 0.05) is 31.5 Å². The molecule has 2 aromatic heterocycles. The molecule has 8 heteroatoms. The number of aromatic nitrogens is 5. The number of nitrogens with zero attached hydrogens (tertiary/aromatic N) is 5. The summed E-state index contributed by atoms with van der Waals surface area (Å²) in [5.41, 5.74) is 0.722. The first kappa shape index (κ1) is 11.4. The highest BCUT2D eigenvalue weighted by Gasteiger charge is 2.18. The van der Waals surface area contributed by atoms with Crippen LogP contribution in [-0.4, -0.2) is 31.0 Å². The Morgan fingerprint density at radius 2 is 2.33 bits per heavy atom. The molecule has 1 N–H and O–H groups in total. The first-order valence-electron chi connectivity index (χ1n) is 5.95. The van der Waals surface area contributed by atoms with E-state index in [0.29, 0.717) is 6.54 Å². The van der Waals surface area contributed by atoms with E-state index in [-0.39, 0.29) is 5.69 Å². The van der Waals surface area contributed by atoms with Gasteiger partial charge in [0.05, 0.1) is 6.54 Å². The number of fused-ring (bicyclic) bond motifs is 1. The van der Waals surface area contributed by atoms with E-state index in [0.717, 1.165) is 42.3 Å². The predicted molar refractivity (Wildman–Crippen MR) is 68.0 cm³/mol. The molecule has 96 valence electrons. The van der Waals surface area contributed by atoms with Crippen molar-refractivity contribution in [2.75, 3.05) is 12.4 Å². The Balaban J connectivity index is 1.94. The highest BCUT2D eigenvalue weighted by molar-refractivity contribution is 7.10. The summed E-state index contributed by atoms with van der Waals surface area (Å²) in [6.07, 6.45) is 3.05. The second kappa shape index (κ2) is 4.52. The van der Waals surface area contributed by atoms with E-state index < -0.39 is 0 Å². The predicted octanol–water partition coefficient (Wildman–Crippen LogP) is 0.323. The molecular weight excluding hydrogens is 252 g/mol. The van der Waals surface area contributed by atoms with Crippen LogP contribution in [0.25, 0.3) is 0 Å². The number of hydrogen-bond donors (Lipinski definition) is 1. The molecule has 0 saturated carbocycles. The highest BCUT2D eigenvalue weighted by atomic mass is 32.1. The fourth-order valence-corrected chi connectivity index (χ4v) is 2.72. The van der Waals surface area contributed by atoms with Crippen LogP contribution in [0, 0.1) is 0 Å². The van der Waals surface area contributed by atoms with Gasteiger partial charge < -0.3 is 5.32 Å². The Morgan fingerprint density at radius 1 is 1.44 bits per heavy atom. The Morgan fingerprint density at radius 3 is 3.11 bits per heavy atom. The first-order chi connectivity index (χ1) is 8.79. The molecule has 0 fully saturated rings. The quantitative estimate of drug-likeness (QED) is 0.866. The summed E-state index contributed by atoms with van der Waals surface area (Å²) in [5, 5.41) is 12.3. The minimum absolute atomic E-state index is 0.0419. The number of hydrogen-bond acceptors (Lipinski definition) is 6. The summed E-state index contributed by atoms with van der Waals surface area (Å²) in [6, 6.07) is 0. The van der Waals surface area contributed by atoms with Gasteiger partial charge in [-0.05, 0) is 12.8 Å². The smallest absolute Gasteiger partial charge is 0.346 e. The molecule has 0 amide bonds. The Hall–Kier alpha value is -1.70. The monoisotopic (exact) mass is 266 g/mol. The molecule has 7 nitrogen and oxygen atoms in total. The lowest BCUT2D eigenvalue weighted by molar-refractivity contribution is 0.511. The van der Waals surface area contributed by atoms with Gasteiger partial charge in [0.15, 0.2) is 0 Å². The Labute approximate surface area is 108 Å². The molecule has 0 radical (unpaired) electrons. The Bertz CT molecular complexity index is 612. The summed E-state index contributed by atoms with van der Waals surface area (Å²) in [7, 11) is 1.82. The fourth-order valence-electron chi connectivity index (χ4n) is 2.20. The van der Waals surface area contributed by atoms with Crippen LogP contribution in [0.15, 0.2) is 4.79 Å². The van der Waals surface area contributed by atoms with E-state index in [1.54, 1.807) is 4.57 Å².